The summed E-state index contributed by atoms with van der Waals surface area (Å²) in [6, 6.07) is 5.25. The molecule has 0 aromatic heterocycles. The maximum atomic E-state index is 10.6. The summed E-state index contributed by atoms with van der Waals surface area (Å²) in [4.78, 5) is 10.6. The maximum Gasteiger partial charge on any atom is 0.307 e. The Labute approximate surface area is 99.0 Å². The number of carboxylic acids is 1. The number of rotatable bonds is 5. The summed E-state index contributed by atoms with van der Waals surface area (Å²) in [5, 5.41) is 9.13. The zero-order chi connectivity index (χ0) is 11.5. The molecule has 1 aliphatic rings. The van der Waals surface area contributed by atoms with Gasteiger partial charge in [0, 0.05) is 0 Å². The molecule has 0 aliphatic heterocycles. The first-order valence-corrected chi connectivity index (χ1v) is 5.66. The number of aliphatic carboxylic acids is 1. The number of halogens is 1. The fourth-order valence-corrected chi connectivity index (χ4v) is 1.71. The normalized spacial score (nSPS) is 14.8. The number of ether oxygens (including phenoxy) is 1. The highest BCUT2D eigenvalue weighted by molar-refractivity contribution is 6.33. The molecule has 0 unspecified atom stereocenters. The first-order chi connectivity index (χ1) is 7.66. The van der Waals surface area contributed by atoms with Crippen LogP contribution in [0.5, 0.6) is 5.75 Å². The summed E-state index contributed by atoms with van der Waals surface area (Å²) in [5.41, 5.74) is 0.600. The van der Waals surface area contributed by atoms with Crippen LogP contribution in [0.1, 0.15) is 18.4 Å². The van der Waals surface area contributed by atoms with E-state index < -0.39 is 5.97 Å². The van der Waals surface area contributed by atoms with Gasteiger partial charge in [-0.15, -0.1) is 0 Å². The van der Waals surface area contributed by atoms with E-state index in [0.717, 1.165) is 0 Å². The second-order valence-corrected chi connectivity index (χ2v) is 4.43. The molecule has 1 aromatic rings. The third kappa shape index (κ3) is 2.89. The molecule has 2 rings (SSSR count). The van der Waals surface area contributed by atoms with Crippen LogP contribution in [0.4, 0.5) is 0 Å². The third-order valence-corrected chi connectivity index (χ3v) is 2.99. The number of hydrogen-bond acceptors (Lipinski definition) is 2. The quantitative estimate of drug-likeness (QED) is 0.861. The minimum absolute atomic E-state index is 0.0700. The maximum absolute atomic E-state index is 10.6. The molecule has 1 saturated carbocycles. The standard InChI is InChI=1S/C12H13ClO3/c13-12-9(6-11(14)15)2-1-3-10(12)16-7-8-4-5-8/h1-3,8H,4-7H2,(H,14,15). The molecule has 16 heavy (non-hydrogen) atoms. The molecule has 0 bridgehead atoms. The summed E-state index contributed by atoms with van der Waals surface area (Å²) >= 11 is 6.07. The van der Waals surface area contributed by atoms with Gasteiger partial charge in [-0.25, -0.2) is 0 Å². The molecule has 0 saturated heterocycles. The summed E-state index contributed by atoms with van der Waals surface area (Å²) in [5.74, 6) is 0.354. The Hall–Kier alpha value is -1.22. The molecule has 1 fully saturated rings. The van der Waals surface area contributed by atoms with E-state index >= 15 is 0 Å². The van der Waals surface area contributed by atoms with Gasteiger partial charge in [0.05, 0.1) is 18.1 Å². The zero-order valence-electron chi connectivity index (χ0n) is 8.78. The Morgan fingerprint density at radius 2 is 2.25 bits per heavy atom. The van der Waals surface area contributed by atoms with Crippen LogP contribution in [-0.4, -0.2) is 17.7 Å². The summed E-state index contributed by atoms with van der Waals surface area (Å²) in [7, 11) is 0. The first-order valence-electron chi connectivity index (χ1n) is 5.29. The predicted octanol–water partition coefficient (Wildman–Crippen LogP) is 2.76. The average Bonchev–Trinajstić information content (AvgIpc) is 3.02. The Morgan fingerprint density at radius 3 is 2.88 bits per heavy atom. The van der Waals surface area contributed by atoms with Crippen LogP contribution in [0.25, 0.3) is 0 Å². The molecule has 0 heterocycles. The Balaban J connectivity index is 2.07. The molecular weight excluding hydrogens is 228 g/mol. The number of carboxylic acid groups (broad SMARTS) is 1. The Kier molecular flexibility index (Phi) is 3.34. The van der Waals surface area contributed by atoms with Gasteiger partial charge in [0.15, 0.2) is 0 Å². The summed E-state index contributed by atoms with van der Waals surface area (Å²) in [6.45, 7) is 0.677. The van der Waals surface area contributed by atoms with Crippen molar-refractivity contribution in [1.82, 2.24) is 0 Å². The van der Waals surface area contributed by atoms with E-state index in [9.17, 15) is 4.79 Å². The van der Waals surface area contributed by atoms with E-state index in [-0.39, 0.29) is 6.42 Å². The highest BCUT2D eigenvalue weighted by Gasteiger charge is 2.22. The predicted molar refractivity (Wildman–Crippen MR) is 61.0 cm³/mol. The van der Waals surface area contributed by atoms with Crippen LogP contribution < -0.4 is 4.74 Å². The largest absolute Gasteiger partial charge is 0.492 e. The second-order valence-electron chi connectivity index (χ2n) is 4.05. The Morgan fingerprint density at radius 1 is 1.50 bits per heavy atom. The van der Waals surface area contributed by atoms with E-state index in [1.807, 2.05) is 0 Å². The number of hydrogen-bond donors (Lipinski definition) is 1. The molecule has 0 atom stereocenters. The van der Waals surface area contributed by atoms with E-state index in [2.05, 4.69) is 0 Å². The van der Waals surface area contributed by atoms with Gasteiger partial charge >= 0.3 is 5.97 Å². The lowest BCUT2D eigenvalue weighted by Crippen LogP contribution is -2.03. The van der Waals surface area contributed by atoms with E-state index in [4.69, 9.17) is 21.4 Å². The molecule has 4 heteroatoms. The third-order valence-electron chi connectivity index (χ3n) is 2.56. The van der Waals surface area contributed by atoms with E-state index in [0.29, 0.717) is 28.9 Å². The van der Waals surface area contributed by atoms with Crippen molar-refractivity contribution in [3.63, 3.8) is 0 Å². The van der Waals surface area contributed by atoms with Crippen molar-refractivity contribution < 1.29 is 14.6 Å². The van der Waals surface area contributed by atoms with Crippen molar-refractivity contribution in [2.45, 2.75) is 19.3 Å². The van der Waals surface area contributed by atoms with Crippen LogP contribution in [0, 0.1) is 5.92 Å². The van der Waals surface area contributed by atoms with Crippen molar-refractivity contribution in [1.29, 1.82) is 0 Å². The molecule has 1 aliphatic carbocycles. The fourth-order valence-electron chi connectivity index (χ4n) is 1.46. The molecular formula is C12H13ClO3. The molecule has 0 amide bonds. The summed E-state index contributed by atoms with van der Waals surface area (Å²) in [6.07, 6.45) is 2.36. The van der Waals surface area contributed by atoms with Gasteiger partial charge in [0.25, 0.3) is 0 Å². The average molecular weight is 241 g/mol. The molecule has 0 spiro atoms. The van der Waals surface area contributed by atoms with Gasteiger partial charge in [-0.3, -0.25) is 4.79 Å². The lowest BCUT2D eigenvalue weighted by molar-refractivity contribution is -0.136. The van der Waals surface area contributed by atoms with Crippen molar-refractivity contribution in [3.8, 4) is 5.75 Å². The highest BCUT2D eigenvalue weighted by Crippen LogP contribution is 2.33. The van der Waals surface area contributed by atoms with Crippen LogP contribution in [-0.2, 0) is 11.2 Å². The fraction of sp³-hybridized carbons (Fsp3) is 0.417. The van der Waals surface area contributed by atoms with Crippen molar-refractivity contribution in [2.75, 3.05) is 6.61 Å². The van der Waals surface area contributed by atoms with Crippen LogP contribution in [0.15, 0.2) is 18.2 Å². The number of carbonyl (C=O) groups is 1. The zero-order valence-corrected chi connectivity index (χ0v) is 9.54. The molecule has 86 valence electrons. The summed E-state index contributed by atoms with van der Waals surface area (Å²) < 4.78 is 5.56. The Bertz CT molecular complexity index is 399. The van der Waals surface area contributed by atoms with Crippen molar-refractivity contribution >= 4 is 17.6 Å². The van der Waals surface area contributed by atoms with E-state index in [1.54, 1.807) is 18.2 Å². The second kappa shape index (κ2) is 4.74. The molecule has 1 aromatic carbocycles. The smallest absolute Gasteiger partial charge is 0.307 e. The molecule has 0 radical (unpaired) electrons. The minimum Gasteiger partial charge on any atom is -0.492 e. The lowest BCUT2D eigenvalue weighted by atomic mass is 10.1. The van der Waals surface area contributed by atoms with Crippen molar-refractivity contribution in [3.05, 3.63) is 28.8 Å². The van der Waals surface area contributed by atoms with Gasteiger partial charge in [-0.2, -0.15) is 0 Å². The number of benzene rings is 1. The van der Waals surface area contributed by atoms with Gasteiger partial charge in [0.1, 0.15) is 5.75 Å². The van der Waals surface area contributed by atoms with E-state index in [1.165, 1.54) is 12.8 Å². The minimum atomic E-state index is -0.888. The SMILES string of the molecule is O=C(O)Cc1cccc(OCC2CC2)c1Cl. The van der Waals surface area contributed by atoms with Gasteiger partial charge in [-0.1, -0.05) is 23.7 Å². The highest BCUT2D eigenvalue weighted by atomic mass is 35.5. The van der Waals surface area contributed by atoms with Gasteiger partial charge in [-0.05, 0) is 30.4 Å². The topological polar surface area (TPSA) is 46.5 Å². The van der Waals surface area contributed by atoms with Crippen LogP contribution >= 0.6 is 11.6 Å². The lowest BCUT2D eigenvalue weighted by Gasteiger charge is -2.09. The molecule has 3 nitrogen and oxygen atoms in total. The first kappa shape index (κ1) is 11.3. The van der Waals surface area contributed by atoms with Gasteiger partial charge < -0.3 is 9.84 Å². The monoisotopic (exact) mass is 240 g/mol. The van der Waals surface area contributed by atoms with Crippen LogP contribution in [0.3, 0.4) is 0 Å². The van der Waals surface area contributed by atoms with Crippen molar-refractivity contribution in [2.24, 2.45) is 5.92 Å². The molecule has 1 N–H and O–H groups in total. The van der Waals surface area contributed by atoms with Gasteiger partial charge in [0.2, 0.25) is 0 Å². The van der Waals surface area contributed by atoms with Crippen LogP contribution in [0.2, 0.25) is 5.02 Å².